The Kier molecular flexibility index (Phi) is 3.67. The summed E-state index contributed by atoms with van der Waals surface area (Å²) in [5.74, 6) is 2.51. The third kappa shape index (κ3) is 2.67. The standard InChI is InChI=1S/C13H19NO2/c1-10(2)6-7-14-8-11-4-3-5-12-13(11)16-9-15-12/h3-5,10,14H,6-9H2,1-2H3. The highest BCUT2D eigenvalue weighted by atomic mass is 16.7. The fourth-order valence-corrected chi connectivity index (χ4v) is 1.74. The number of fused-ring (bicyclic) bond motifs is 1. The van der Waals surface area contributed by atoms with Gasteiger partial charge in [-0.25, -0.2) is 0 Å². The predicted molar refractivity (Wildman–Crippen MR) is 63.7 cm³/mol. The molecule has 0 aromatic heterocycles. The molecule has 0 unspecified atom stereocenters. The molecule has 1 heterocycles. The van der Waals surface area contributed by atoms with E-state index in [0.29, 0.717) is 6.79 Å². The monoisotopic (exact) mass is 221 g/mol. The van der Waals surface area contributed by atoms with Gasteiger partial charge < -0.3 is 14.8 Å². The summed E-state index contributed by atoms with van der Waals surface area (Å²) in [5.41, 5.74) is 1.18. The number of para-hydroxylation sites is 1. The van der Waals surface area contributed by atoms with Crippen molar-refractivity contribution in [2.75, 3.05) is 13.3 Å². The van der Waals surface area contributed by atoms with E-state index >= 15 is 0 Å². The third-order valence-electron chi connectivity index (χ3n) is 2.69. The molecule has 0 saturated carbocycles. The second kappa shape index (κ2) is 5.21. The SMILES string of the molecule is CC(C)CCNCc1cccc2c1OCO2. The molecule has 3 heteroatoms. The summed E-state index contributed by atoms with van der Waals surface area (Å²) in [5, 5.41) is 3.43. The highest BCUT2D eigenvalue weighted by molar-refractivity contribution is 5.48. The number of rotatable bonds is 5. The van der Waals surface area contributed by atoms with Crippen LogP contribution in [0.3, 0.4) is 0 Å². The molecule has 1 N–H and O–H groups in total. The van der Waals surface area contributed by atoms with E-state index in [0.717, 1.165) is 30.5 Å². The molecule has 0 aliphatic carbocycles. The van der Waals surface area contributed by atoms with Crippen molar-refractivity contribution < 1.29 is 9.47 Å². The van der Waals surface area contributed by atoms with Gasteiger partial charge in [0.05, 0.1) is 0 Å². The van der Waals surface area contributed by atoms with Crippen molar-refractivity contribution in [3.8, 4) is 11.5 Å². The quantitative estimate of drug-likeness (QED) is 0.775. The summed E-state index contributed by atoms with van der Waals surface area (Å²) >= 11 is 0. The number of benzene rings is 1. The maximum Gasteiger partial charge on any atom is 0.231 e. The molecule has 2 rings (SSSR count). The van der Waals surface area contributed by atoms with E-state index in [1.54, 1.807) is 0 Å². The molecule has 16 heavy (non-hydrogen) atoms. The zero-order valence-electron chi connectivity index (χ0n) is 9.95. The summed E-state index contributed by atoms with van der Waals surface area (Å²) in [6.07, 6.45) is 1.20. The molecule has 0 spiro atoms. The van der Waals surface area contributed by atoms with E-state index in [4.69, 9.17) is 9.47 Å². The fraction of sp³-hybridized carbons (Fsp3) is 0.538. The molecule has 1 aliphatic heterocycles. The second-order valence-corrected chi connectivity index (χ2v) is 4.51. The highest BCUT2D eigenvalue weighted by Crippen LogP contribution is 2.35. The maximum atomic E-state index is 5.45. The molecule has 0 amide bonds. The van der Waals surface area contributed by atoms with Crippen molar-refractivity contribution in [1.29, 1.82) is 0 Å². The maximum absolute atomic E-state index is 5.45. The minimum Gasteiger partial charge on any atom is -0.454 e. The van der Waals surface area contributed by atoms with Gasteiger partial charge in [0.1, 0.15) is 0 Å². The summed E-state index contributed by atoms with van der Waals surface area (Å²) in [6, 6.07) is 6.03. The normalized spacial score (nSPS) is 13.4. The Morgan fingerprint density at radius 3 is 3.00 bits per heavy atom. The van der Waals surface area contributed by atoms with Gasteiger partial charge in [0.25, 0.3) is 0 Å². The molecular formula is C13H19NO2. The number of ether oxygens (including phenoxy) is 2. The van der Waals surface area contributed by atoms with Crippen molar-refractivity contribution in [2.45, 2.75) is 26.8 Å². The van der Waals surface area contributed by atoms with Crippen LogP contribution >= 0.6 is 0 Å². The average molecular weight is 221 g/mol. The molecule has 0 radical (unpaired) electrons. The van der Waals surface area contributed by atoms with Crippen LogP contribution in [0.5, 0.6) is 11.5 Å². The molecule has 3 nitrogen and oxygen atoms in total. The van der Waals surface area contributed by atoms with E-state index in [1.165, 1.54) is 12.0 Å². The molecule has 0 saturated heterocycles. The van der Waals surface area contributed by atoms with Crippen LogP contribution in [0.15, 0.2) is 18.2 Å². The van der Waals surface area contributed by atoms with E-state index in [-0.39, 0.29) is 0 Å². The molecule has 0 fully saturated rings. The molecule has 0 bridgehead atoms. The van der Waals surface area contributed by atoms with E-state index < -0.39 is 0 Å². The Balaban J connectivity index is 1.88. The minimum absolute atomic E-state index is 0.346. The molecule has 1 aromatic carbocycles. The van der Waals surface area contributed by atoms with Crippen molar-refractivity contribution in [1.82, 2.24) is 5.32 Å². The van der Waals surface area contributed by atoms with Crippen LogP contribution in [0.25, 0.3) is 0 Å². The Hall–Kier alpha value is -1.22. The van der Waals surface area contributed by atoms with Gasteiger partial charge in [-0.1, -0.05) is 26.0 Å². The smallest absolute Gasteiger partial charge is 0.231 e. The van der Waals surface area contributed by atoms with Crippen molar-refractivity contribution in [3.63, 3.8) is 0 Å². The number of hydrogen-bond donors (Lipinski definition) is 1. The van der Waals surface area contributed by atoms with Gasteiger partial charge in [-0.2, -0.15) is 0 Å². The van der Waals surface area contributed by atoms with E-state index in [1.807, 2.05) is 12.1 Å². The van der Waals surface area contributed by atoms with Gasteiger partial charge in [0.15, 0.2) is 11.5 Å². The predicted octanol–water partition coefficient (Wildman–Crippen LogP) is 2.55. The Bertz CT molecular complexity index is 350. The van der Waals surface area contributed by atoms with Crippen LogP contribution in [0.2, 0.25) is 0 Å². The summed E-state index contributed by atoms with van der Waals surface area (Å²) in [4.78, 5) is 0. The molecule has 1 aromatic rings. The third-order valence-corrected chi connectivity index (χ3v) is 2.69. The van der Waals surface area contributed by atoms with Gasteiger partial charge >= 0.3 is 0 Å². The summed E-state index contributed by atoms with van der Waals surface area (Å²) in [6.45, 7) is 6.71. The Morgan fingerprint density at radius 2 is 2.19 bits per heavy atom. The van der Waals surface area contributed by atoms with Crippen LogP contribution in [0.4, 0.5) is 0 Å². The van der Waals surface area contributed by atoms with Crippen molar-refractivity contribution >= 4 is 0 Å². The van der Waals surface area contributed by atoms with Crippen LogP contribution in [-0.2, 0) is 6.54 Å². The average Bonchev–Trinajstić information content (AvgIpc) is 2.72. The van der Waals surface area contributed by atoms with Gasteiger partial charge in [-0.3, -0.25) is 0 Å². The van der Waals surface area contributed by atoms with Gasteiger partial charge in [0, 0.05) is 12.1 Å². The molecule has 88 valence electrons. The second-order valence-electron chi connectivity index (χ2n) is 4.51. The zero-order valence-corrected chi connectivity index (χ0v) is 9.95. The first-order chi connectivity index (χ1) is 7.77. The highest BCUT2D eigenvalue weighted by Gasteiger charge is 2.16. The van der Waals surface area contributed by atoms with Crippen LogP contribution in [-0.4, -0.2) is 13.3 Å². The first-order valence-electron chi connectivity index (χ1n) is 5.85. The van der Waals surface area contributed by atoms with Gasteiger partial charge in [0.2, 0.25) is 6.79 Å². The molecule has 0 atom stereocenters. The first kappa shape index (κ1) is 11.3. The lowest BCUT2D eigenvalue weighted by Crippen LogP contribution is -2.16. The minimum atomic E-state index is 0.346. The summed E-state index contributed by atoms with van der Waals surface area (Å²) < 4.78 is 10.8. The van der Waals surface area contributed by atoms with Gasteiger partial charge in [-0.05, 0) is 24.9 Å². The Labute approximate surface area is 96.8 Å². The fourth-order valence-electron chi connectivity index (χ4n) is 1.74. The zero-order chi connectivity index (χ0) is 11.4. The number of hydrogen-bond acceptors (Lipinski definition) is 3. The van der Waals surface area contributed by atoms with E-state index in [2.05, 4.69) is 25.2 Å². The van der Waals surface area contributed by atoms with Crippen LogP contribution in [0.1, 0.15) is 25.8 Å². The van der Waals surface area contributed by atoms with Gasteiger partial charge in [-0.15, -0.1) is 0 Å². The van der Waals surface area contributed by atoms with Crippen molar-refractivity contribution in [2.24, 2.45) is 5.92 Å². The lowest BCUT2D eigenvalue weighted by Gasteiger charge is -2.08. The number of nitrogens with one attached hydrogen (secondary N) is 1. The molecular weight excluding hydrogens is 202 g/mol. The first-order valence-corrected chi connectivity index (χ1v) is 5.85. The molecule has 1 aliphatic rings. The van der Waals surface area contributed by atoms with Crippen LogP contribution < -0.4 is 14.8 Å². The lowest BCUT2D eigenvalue weighted by molar-refractivity contribution is 0.173. The summed E-state index contributed by atoms with van der Waals surface area (Å²) in [7, 11) is 0. The van der Waals surface area contributed by atoms with Crippen LogP contribution in [0, 0.1) is 5.92 Å². The lowest BCUT2D eigenvalue weighted by atomic mass is 10.1. The topological polar surface area (TPSA) is 30.5 Å². The largest absolute Gasteiger partial charge is 0.454 e. The Morgan fingerprint density at radius 1 is 1.31 bits per heavy atom. The van der Waals surface area contributed by atoms with E-state index in [9.17, 15) is 0 Å². The van der Waals surface area contributed by atoms with Crippen molar-refractivity contribution in [3.05, 3.63) is 23.8 Å².